The third-order valence-electron chi connectivity index (χ3n) is 3.86. The molecule has 1 aliphatic rings. The molecule has 0 unspecified atom stereocenters. The Hall–Kier alpha value is -3.25. The molecule has 2 heterocycles. The molecule has 26 heavy (non-hydrogen) atoms. The number of allylic oxidation sites excluding steroid dienone is 1. The van der Waals surface area contributed by atoms with Crippen LogP contribution in [0.1, 0.15) is 28.6 Å². The number of hydrogen-bond donors (Lipinski definition) is 2. The zero-order chi connectivity index (χ0) is 19.1. The second kappa shape index (κ2) is 6.24. The number of nitriles is 1. The van der Waals surface area contributed by atoms with Crippen molar-refractivity contribution in [3.63, 3.8) is 0 Å². The van der Waals surface area contributed by atoms with Crippen LogP contribution in [0.3, 0.4) is 0 Å². The number of aliphatic hydroxyl groups is 1. The van der Waals surface area contributed by atoms with Crippen molar-refractivity contribution in [3.05, 3.63) is 74.7 Å². The van der Waals surface area contributed by atoms with E-state index in [0.717, 1.165) is 18.2 Å². The topological polar surface area (TPSA) is 109 Å². The number of benzene rings is 1. The van der Waals surface area contributed by atoms with Crippen LogP contribution < -0.4 is 15.9 Å². The number of nitrogens with zero attached hydrogens (tertiary/aromatic N) is 1. The van der Waals surface area contributed by atoms with E-state index in [1.807, 2.05) is 6.07 Å². The van der Waals surface area contributed by atoms with Gasteiger partial charge in [-0.05, 0) is 17.7 Å². The molecule has 3 rings (SSSR count). The maximum absolute atomic E-state index is 12.8. The van der Waals surface area contributed by atoms with E-state index in [0.29, 0.717) is 0 Å². The van der Waals surface area contributed by atoms with Crippen LogP contribution in [0.5, 0.6) is 5.75 Å². The number of ether oxygens (including phenoxy) is 1. The lowest BCUT2D eigenvalue weighted by atomic mass is 9.87. The van der Waals surface area contributed by atoms with Crippen LogP contribution in [0, 0.1) is 11.3 Å². The van der Waals surface area contributed by atoms with Crippen LogP contribution in [0.15, 0.2) is 51.0 Å². The molecule has 2 aromatic rings. The Labute approximate surface area is 144 Å². The van der Waals surface area contributed by atoms with Crippen molar-refractivity contribution in [1.82, 2.24) is 0 Å². The Morgan fingerprint density at radius 3 is 2.46 bits per heavy atom. The normalized spacial score (nSPS) is 16.7. The van der Waals surface area contributed by atoms with Crippen molar-refractivity contribution >= 4 is 0 Å². The largest absolute Gasteiger partial charge is 0.458 e. The molecule has 0 bridgehead atoms. The molecule has 0 aliphatic carbocycles. The van der Waals surface area contributed by atoms with Gasteiger partial charge in [0.05, 0.1) is 11.5 Å². The number of rotatable bonds is 2. The fourth-order valence-electron chi connectivity index (χ4n) is 2.66. The lowest BCUT2D eigenvalue weighted by Crippen LogP contribution is -2.25. The van der Waals surface area contributed by atoms with Gasteiger partial charge in [-0.2, -0.15) is 18.4 Å². The van der Waals surface area contributed by atoms with Gasteiger partial charge >= 0.3 is 6.18 Å². The second-order valence-corrected chi connectivity index (χ2v) is 5.47. The first-order chi connectivity index (χ1) is 12.3. The first kappa shape index (κ1) is 17.6. The van der Waals surface area contributed by atoms with Gasteiger partial charge in [-0.15, -0.1) is 0 Å². The highest BCUT2D eigenvalue weighted by Crippen LogP contribution is 2.41. The Kier molecular flexibility index (Phi) is 4.21. The number of aliphatic hydroxyl groups excluding tert-OH is 1. The van der Waals surface area contributed by atoms with Gasteiger partial charge in [0.2, 0.25) is 17.1 Å². The van der Waals surface area contributed by atoms with Crippen molar-refractivity contribution in [2.24, 2.45) is 5.73 Å². The smallest absolute Gasteiger partial charge is 0.416 e. The number of fused-ring (bicyclic) bond motifs is 1. The summed E-state index contributed by atoms with van der Waals surface area (Å²) in [7, 11) is 0. The van der Waals surface area contributed by atoms with Gasteiger partial charge in [-0.3, -0.25) is 4.79 Å². The average Bonchev–Trinajstić information content (AvgIpc) is 2.60. The zero-order valence-corrected chi connectivity index (χ0v) is 13.0. The predicted octanol–water partition coefficient (Wildman–Crippen LogP) is 2.37. The number of halogens is 3. The Morgan fingerprint density at radius 1 is 1.27 bits per heavy atom. The Morgan fingerprint density at radius 2 is 1.92 bits per heavy atom. The molecular weight excluding hydrogens is 353 g/mol. The van der Waals surface area contributed by atoms with E-state index in [9.17, 15) is 28.3 Å². The van der Waals surface area contributed by atoms with E-state index < -0.39 is 29.7 Å². The summed E-state index contributed by atoms with van der Waals surface area (Å²) in [6.45, 7) is -0.580. The minimum absolute atomic E-state index is 0.0768. The molecular formula is C17H11F3N2O4. The van der Waals surface area contributed by atoms with Gasteiger partial charge in [0, 0.05) is 6.07 Å². The first-order valence-electron chi connectivity index (χ1n) is 7.28. The van der Waals surface area contributed by atoms with Crippen LogP contribution in [-0.4, -0.2) is 5.11 Å². The molecule has 1 aliphatic heterocycles. The predicted molar refractivity (Wildman–Crippen MR) is 81.6 cm³/mol. The third-order valence-corrected chi connectivity index (χ3v) is 3.86. The molecule has 9 heteroatoms. The van der Waals surface area contributed by atoms with Crippen LogP contribution in [-0.2, 0) is 12.8 Å². The Balaban J connectivity index is 2.21. The van der Waals surface area contributed by atoms with Gasteiger partial charge in [-0.25, -0.2) is 0 Å². The molecule has 0 amide bonds. The first-order valence-corrected chi connectivity index (χ1v) is 7.28. The highest BCUT2D eigenvalue weighted by Gasteiger charge is 2.36. The van der Waals surface area contributed by atoms with Crippen molar-refractivity contribution in [2.75, 3.05) is 0 Å². The van der Waals surface area contributed by atoms with E-state index >= 15 is 0 Å². The third kappa shape index (κ3) is 2.91. The average molecular weight is 364 g/mol. The summed E-state index contributed by atoms with van der Waals surface area (Å²) in [6.07, 6.45) is -4.52. The molecule has 1 atom stereocenters. The second-order valence-electron chi connectivity index (χ2n) is 5.47. The van der Waals surface area contributed by atoms with E-state index in [-0.39, 0.29) is 34.3 Å². The monoisotopic (exact) mass is 364 g/mol. The molecule has 0 saturated carbocycles. The van der Waals surface area contributed by atoms with Gasteiger partial charge in [0.1, 0.15) is 24.0 Å². The van der Waals surface area contributed by atoms with Crippen LogP contribution >= 0.6 is 0 Å². The summed E-state index contributed by atoms with van der Waals surface area (Å²) >= 11 is 0. The fourth-order valence-corrected chi connectivity index (χ4v) is 2.66. The molecule has 3 N–H and O–H groups in total. The maximum Gasteiger partial charge on any atom is 0.416 e. The van der Waals surface area contributed by atoms with E-state index in [1.54, 1.807) is 0 Å². The SMILES string of the molecule is N#CC1=C(N)Oc2c(oc(CO)cc2=O)[C@@H]1c1ccc(C(F)(F)F)cc1. The van der Waals surface area contributed by atoms with Gasteiger partial charge < -0.3 is 20.0 Å². The molecule has 0 spiro atoms. The van der Waals surface area contributed by atoms with Gasteiger partial charge in [0.15, 0.2) is 5.76 Å². The number of nitrogens with two attached hydrogens (primary N) is 1. The van der Waals surface area contributed by atoms with E-state index in [2.05, 4.69) is 0 Å². The summed E-state index contributed by atoms with van der Waals surface area (Å²) in [6, 6.07) is 6.87. The minimum Gasteiger partial charge on any atom is -0.458 e. The van der Waals surface area contributed by atoms with Gasteiger partial charge in [-0.1, -0.05) is 12.1 Å². The summed E-state index contributed by atoms with van der Waals surface area (Å²) in [5.74, 6) is -1.83. The fraction of sp³-hybridized carbons (Fsp3) is 0.176. The molecule has 0 fully saturated rings. The highest BCUT2D eigenvalue weighted by atomic mass is 19.4. The number of alkyl halides is 3. The van der Waals surface area contributed by atoms with Gasteiger partial charge in [0.25, 0.3) is 0 Å². The molecule has 1 aromatic carbocycles. The van der Waals surface area contributed by atoms with E-state index in [4.69, 9.17) is 14.9 Å². The molecule has 1 aromatic heterocycles. The molecule has 0 saturated heterocycles. The summed E-state index contributed by atoms with van der Waals surface area (Å²) in [5, 5.41) is 18.6. The minimum atomic E-state index is -4.52. The molecule has 6 nitrogen and oxygen atoms in total. The van der Waals surface area contributed by atoms with E-state index in [1.165, 1.54) is 12.1 Å². The summed E-state index contributed by atoms with van der Waals surface area (Å²) in [4.78, 5) is 12.1. The van der Waals surface area contributed by atoms with Crippen molar-refractivity contribution in [2.45, 2.75) is 18.7 Å². The zero-order valence-electron chi connectivity index (χ0n) is 13.0. The Bertz CT molecular complexity index is 985. The molecule has 134 valence electrons. The lowest BCUT2D eigenvalue weighted by Gasteiger charge is -2.25. The van der Waals surface area contributed by atoms with Crippen molar-refractivity contribution in [3.8, 4) is 11.8 Å². The van der Waals surface area contributed by atoms with Crippen LogP contribution in [0.2, 0.25) is 0 Å². The lowest BCUT2D eigenvalue weighted by molar-refractivity contribution is -0.137. The van der Waals surface area contributed by atoms with Crippen molar-refractivity contribution in [1.29, 1.82) is 5.26 Å². The standard InChI is InChI=1S/C17H11F3N2O4/c18-17(19,20)9-3-1-8(2-4-9)13-11(6-21)16(22)26-14-12(24)5-10(7-23)25-15(13)14/h1-5,13,23H,7,22H2/t13-/m1/s1. The summed E-state index contributed by atoms with van der Waals surface area (Å²) < 4.78 is 48.9. The maximum atomic E-state index is 12.8. The van der Waals surface area contributed by atoms with Crippen molar-refractivity contribution < 1.29 is 27.4 Å². The highest BCUT2D eigenvalue weighted by molar-refractivity contribution is 5.52. The number of hydrogen-bond acceptors (Lipinski definition) is 6. The van der Waals surface area contributed by atoms with Crippen LogP contribution in [0.25, 0.3) is 0 Å². The quantitative estimate of drug-likeness (QED) is 0.847. The summed E-state index contributed by atoms with van der Waals surface area (Å²) in [5.41, 5.74) is 4.33. The molecule has 0 radical (unpaired) electrons. The van der Waals surface area contributed by atoms with Crippen LogP contribution in [0.4, 0.5) is 13.2 Å².